The summed E-state index contributed by atoms with van der Waals surface area (Å²) in [6, 6.07) is 9.68. The highest BCUT2D eigenvalue weighted by molar-refractivity contribution is 7.78. The Morgan fingerprint density at radius 3 is 2.63 bits per heavy atom. The van der Waals surface area contributed by atoms with E-state index < -0.39 is 5.97 Å². The minimum atomic E-state index is -0.410. The fourth-order valence-electron chi connectivity index (χ4n) is 1.89. The Hall–Kier alpha value is -1.81. The zero-order chi connectivity index (χ0) is 13.8. The maximum Gasteiger partial charge on any atom is 0.341 e. The number of carbonyl (C=O) groups is 1. The molecule has 2 aromatic rings. The molecule has 0 unspecified atom stereocenters. The van der Waals surface area contributed by atoms with Crippen LogP contribution in [0, 0.1) is 6.92 Å². The van der Waals surface area contributed by atoms with Gasteiger partial charge in [0.15, 0.2) is 0 Å². The van der Waals surface area contributed by atoms with Gasteiger partial charge in [-0.25, -0.2) is 4.79 Å². The van der Waals surface area contributed by atoms with Crippen LogP contribution >= 0.6 is 23.6 Å². The molecule has 96 valence electrons. The number of hydrogen-bond donors (Lipinski definition) is 0. The quantitative estimate of drug-likeness (QED) is 0.482. The SMILES string of the molecule is COC(=O)c1c(N=C=S)sc(C)c1-c1ccccc1. The van der Waals surface area contributed by atoms with Crippen LogP contribution in [0.3, 0.4) is 0 Å². The molecule has 5 heteroatoms. The molecule has 0 bridgehead atoms. The van der Waals surface area contributed by atoms with Gasteiger partial charge in [-0.2, -0.15) is 4.99 Å². The lowest BCUT2D eigenvalue weighted by atomic mass is 10.0. The molecule has 0 aliphatic carbocycles. The zero-order valence-corrected chi connectivity index (χ0v) is 12.1. The number of methoxy groups -OCH3 is 1. The minimum absolute atomic E-state index is 0.410. The molecule has 0 N–H and O–H groups in total. The Labute approximate surface area is 120 Å². The average Bonchev–Trinajstić information content (AvgIpc) is 2.76. The van der Waals surface area contributed by atoms with Crippen LogP contribution in [-0.4, -0.2) is 18.2 Å². The van der Waals surface area contributed by atoms with Gasteiger partial charge in [0.05, 0.1) is 12.3 Å². The van der Waals surface area contributed by atoms with Gasteiger partial charge >= 0.3 is 5.97 Å². The largest absolute Gasteiger partial charge is 0.465 e. The number of thiophene rings is 1. The van der Waals surface area contributed by atoms with E-state index in [2.05, 4.69) is 22.4 Å². The van der Waals surface area contributed by atoms with E-state index in [0.717, 1.165) is 16.0 Å². The van der Waals surface area contributed by atoms with Crippen molar-refractivity contribution in [2.75, 3.05) is 7.11 Å². The van der Waals surface area contributed by atoms with Crippen molar-refractivity contribution in [1.82, 2.24) is 0 Å². The Balaban J connectivity index is 2.73. The zero-order valence-electron chi connectivity index (χ0n) is 10.5. The number of aryl methyl sites for hydroxylation is 1. The summed E-state index contributed by atoms with van der Waals surface area (Å²) >= 11 is 6.03. The summed E-state index contributed by atoms with van der Waals surface area (Å²) in [5.41, 5.74) is 2.26. The van der Waals surface area contributed by atoms with Gasteiger partial charge in [-0.1, -0.05) is 30.3 Å². The molecular weight excluding hydrogens is 278 g/mol. The smallest absolute Gasteiger partial charge is 0.341 e. The van der Waals surface area contributed by atoms with Gasteiger partial charge in [-0.15, -0.1) is 11.3 Å². The summed E-state index contributed by atoms with van der Waals surface area (Å²) in [5, 5.41) is 2.85. The summed E-state index contributed by atoms with van der Waals surface area (Å²) in [4.78, 5) is 16.9. The Kier molecular flexibility index (Phi) is 4.22. The Bertz CT molecular complexity index is 656. The molecule has 0 aliphatic heterocycles. The van der Waals surface area contributed by atoms with E-state index in [0.29, 0.717) is 10.6 Å². The molecule has 19 heavy (non-hydrogen) atoms. The summed E-state index contributed by atoms with van der Waals surface area (Å²) in [5.74, 6) is -0.410. The van der Waals surface area contributed by atoms with Crippen LogP contribution < -0.4 is 0 Å². The molecule has 0 atom stereocenters. The minimum Gasteiger partial charge on any atom is -0.465 e. The first-order valence-corrected chi connectivity index (χ1v) is 6.76. The number of ether oxygens (including phenoxy) is 1. The molecule has 1 aromatic heterocycles. The van der Waals surface area contributed by atoms with Crippen molar-refractivity contribution in [3.63, 3.8) is 0 Å². The molecule has 3 nitrogen and oxygen atoms in total. The van der Waals surface area contributed by atoms with Gasteiger partial charge in [0.2, 0.25) is 0 Å². The molecule has 0 radical (unpaired) electrons. The van der Waals surface area contributed by atoms with Crippen molar-refractivity contribution in [2.45, 2.75) is 6.92 Å². The summed E-state index contributed by atoms with van der Waals surface area (Å²) in [7, 11) is 1.36. The number of carbonyl (C=O) groups excluding carboxylic acids is 1. The van der Waals surface area contributed by atoms with Crippen LogP contribution in [0.5, 0.6) is 0 Å². The van der Waals surface area contributed by atoms with Crippen LogP contribution in [0.4, 0.5) is 5.00 Å². The summed E-state index contributed by atoms with van der Waals surface area (Å²) in [6.07, 6.45) is 0. The standard InChI is InChI=1S/C14H11NO2S2/c1-9-11(10-6-4-3-5-7-10)12(14(16)17-2)13(19-9)15-8-18/h3-7H,1-2H3. The molecule has 0 spiro atoms. The number of hydrogen-bond acceptors (Lipinski definition) is 5. The number of esters is 1. The van der Waals surface area contributed by atoms with Gasteiger partial charge in [-0.3, -0.25) is 0 Å². The molecule has 2 rings (SSSR count). The van der Waals surface area contributed by atoms with Gasteiger partial charge in [0.25, 0.3) is 0 Å². The third-order valence-corrected chi connectivity index (χ3v) is 3.76. The molecule has 1 aromatic carbocycles. The van der Waals surface area contributed by atoms with E-state index in [4.69, 9.17) is 4.74 Å². The number of nitrogens with zero attached hydrogens (tertiary/aromatic N) is 1. The maximum absolute atomic E-state index is 12.0. The number of aliphatic imine (C=N–C) groups is 1. The number of benzene rings is 1. The number of thiocarbonyl (C=S) groups is 1. The van der Waals surface area contributed by atoms with E-state index in [-0.39, 0.29) is 0 Å². The fraction of sp³-hybridized carbons (Fsp3) is 0.143. The van der Waals surface area contributed by atoms with E-state index in [1.807, 2.05) is 37.3 Å². The van der Waals surface area contributed by atoms with Crippen molar-refractivity contribution in [3.8, 4) is 11.1 Å². The summed E-state index contributed by atoms with van der Waals surface area (Å²) < 4.78 is 4.84. The second-order valence-electron chi connectivity index (χ2n) is 3.77. The Morgan fingerprint density at radius 1 is 1.37 bits per heavy atom. The van der Waals surface area contributed by atoms with Crippen LogP contribution in [0.25, 0.3) is 11.1 Å². The predicted octanol–water partition coefficient (Wildman–Crippen LogP) is 4.24. The van der Waals surface area contributed by atoms with Gasteiger partial charge in [-0.05, 0) is 24.7 Å². The third kappa shape index (κ3) is 2.63. The highest BCUT2D eigenvalue weighted by Crippen LogP contribution is 2.41. The monoisotopic (exact) mass is 289 g/mol. The molecule has 0 fully saturated rings. The van der Waals surface area contributed by atoms with E-state index in [1.54, 1.807) is 0 Å². The first-order chi connectivity index (χ1) is 9.19. The molecule has 0 saturated carbocycles. The van der Waals surface area contributed by atoms with Crippen LogP contribution in [0.2, 0.25) is 0 Å². The lowest BCUT2D eigenvalue weighted by Gasteiger charge is -2.04. The second-order valence-corrected chi connectivity index (χ2v) is 5.16. The van der Waals surface area contributed by atoms with Crippen molar-refractivity contribution in [1.29, 1.82) is 0 Å². The van der Waals surface area contributed by atoms with Gasteiger partial charge in [0.1, 0.15) is 10.6 Å². The number of rotatable bonds is 3. The maximum atomic E-state index is 12.0. The lowest BCUT2D eigenvalue weighted by molar-refractivity contribution is 0.0603. The topological polar surface area (TPSA) is 38.7 Å². The first kappa shape index (κ1) is 13.6. The second kappa shape index (κ2) is 5.89. The van der Waals surface area contributed by atoms with Crippen molar-refractivity contribution < 1.29 is 9.53 Å². The molecule has 1 heterocycles. The third-order valence-electron chi connectivity index (χ3n) is 2.66. The van der Waals surface area contributed by atoms with E-state index >= 15 is 0 Å². The normalized spacial score (nSPS) is 9.79. The lowest BCUT2D eigenvalue weighted by Crippen LogP contribution is -2.02. The highest BCUT2D eigenvalue weighted by Gasteiger charge is 2.23. The number of isothiocyanates is 1. The van der Waals surface area contributed by atoms with E-state index in [9.17, 15) is 4.79 Å². The van der Waals surface area contributed by atoms with Crippen molar-refractivity contribution in [3.05, 3.63) is 40.8 Å². The van der Waals surface area contributed by atoms with Crippen LogP contribution in [0.15, 0.2) is 35.3 Å². The van der Waals surface area contributed by atoms with E-state index in [1.165, 1.54) is 18.4 Å². The molecule has 0 aliphatic rings. The van der Waals surface area contributed by atoms with Gasteiger partial charge in [0, 0.05) is 10.4 Å². The predicted molar refractivity (Wildman–Crippen MR) is 80.5 cm³/mol. The fourth-order valence-corrected chi connectivity index (χ4v) is 3.03. The van der Waals surface area contributed by atoms with Gasteiger partial charge < -0.3 is 4.74 Å². The molecular formula is C14H11NO2S2. The molecule has 0 saturated heterocycles. The first-order valence-electron chi connectivity index (χ1n) is 5.54. The highest BCUT2D eigenvalue weighted by atomic mass is 32.1. The Morgan fingerprint density at radius 2 is 2.05 bits per heavy atom. The average molecular weight is 289 g/mol. The van der Waals surface area contributed by atoms with Crippen LogP contribution in [0.1, 0.15) is 15.2 Å². The molecule has 0 amide bonds. The summed E-state index contributed by atoms with van der Waals surface area (Å²) in [6.45, 7) is 1.95. The van der Waals surface area contributed by atoms with Crippen molar-refractivity contribution in [2.24, 2.45) is 4.99 Å². The van der Waals surface area contributed by atoms with Crippen molar-refractivity contribution >= 4 is 39.7 Å². The van der Waals surface area contributed by atoms with Crippen LogP contribution in [-0.2, 0) is 4.74 Å².